The number of aromatic nitrogens is 3. The molecule has 0 spiro atoms. The third-order valence-electron chi connectivity index (χ3n) is 3.13. The molecule has 1 saturated heterocycles. The highest BCUT2D eigenvalue weighted by Crippen LogP contribution is 2.08. The van der Waals surface area contributed by atoms with Crippen LogP contribution in [-0.2, 0) is 0 Å². The summed E-state index contributed by atoms with van der Waals surface area (Å²) in [5, 5.41) is 13.1. The maximum absolute atomic E-state index is 12.0. The SMILES string of the molecule is CC(C)c1nc(C(=O)NC2CCCCNC2)n[nH]1. The fraction of sp³-hybridized carbons (Fsp3) is 0.750. The molecule has 2 rings (SSSR count). The average molecular weight is 251 g/mol. The number of H-pyrrole nitrogens is 1. The lowest BCUT2D eigenvalue weighted by Crippen LogP contribution is -2.41. The van der Waals surface area contributed by atoms with Crippen LogP contribution in [0, 0.1) is 0 Å². The Bertz CT molecular complexity index is 393. The predicted molar refractivity (Wildman–Crippen MR) is 68.4 cm³/mol. The van der Waals surface area contributed by atoms with Gasteiger partial charge in [0.2, 0.25) is 5.82 Å². The Balaban J connectivity index is 1.93. The van der Waals surface area contributed by atoms with Gasteiger partial charge >= 0.3 is 0 Å². The lowest BCUT2D eigenvalue weighted by Gasteiger charge is -2.14. The van der Waals surface area contributed by atoms with Crippen LogP contribution in [0.2, 0.25) is 0 Å². The number of amides is 1. The van der Waals surface area contributed by atoms with Crippen LogP contribution < -0.4 is 10.6 Å². The maximum Gasteiger partial charge on any atom is 0.291 e. The van der Waals surface area contributed by atoms with E-state index in [9.17, 15) is 4.79 Å². The van der Waals surface area contributed by atoms with Crippen molar-refractivity contribution in [3.05, 3.63) is 11.6 Å². The van der Waals surface area contributed by atoms with Crippen molar-refractivity contribution >= 4 is 5.91 Å². The van der Waals surface area contributed by atoms with Crippen LogP contribution in [0.4, 0.5) is 0 Å². The highest BCUT2D eigenvalue weighted by Gasteiger charge is 2.19. The summed E-state index contributed by atoms with van der Waals surface area (Å²) in [5.41, 5.74) is 0. The van der Waals surface area contributed by atoms with Gasteiger partial charge in [0.25, 0.3) is 5.91 Å². The van der Waals surface area contributed by atoms with Crippen molar-refractivity contribution in [3.63, 3.8) is 0 Å². The summed E-state index contributed by atoms with van der Waals surface area (Å²) >= 11 is 0. The quantitative estimate of drug-likeness (QED) is 0.742. The first-order chi connectivity index (χ1) is 8.66. The molecular weight excluding hydrogens is 230 g/mol. The molecule has 2 heterocycles. The molecule has 1 aromatic heterocycles. The van der Waals surface area contributed by atoms with E-state index in [2.05, 4.69) is 25.8 Å². The number of nitrogens with one attached hydrogen (secondary N) is 3. The van der Waals surface area contributed by atoms with Crippen molar-refractivity contribution in [2.75, 3.05) is 13.1 Å². The molecule has 18 heavy (non-hydrogen) atoms. The van der Waals surface area contributed by atoms with E-state index in [-0.39, 0.29) is 23.7 Å². The molecule has 100 valence electrons. The van der Waals surface area contributed by atoms with Gasteiger partial charge in [-0.2, -0.15) is 0 Å². The van der Waals surface area contributed by atoms with E-state index in [1.807, 2.05) is 13.8 Å². The molecule has 1 amide bonds. The van der Waals surface area contributed by atoms with Crippen LogP contribution in [-0.4, -0.2) is 40.2 Å². The molecule has 0 radical (unpaired) electrons. The van der Waals surface area contributed by atoms with Crippen molar-refractivity contribution in [3.8, 4) is 0 Å². The Morgan fingerprint density at radius 2 is 2.28 bits per heavy atom. The summed E-state index contributed by atoms with van der Waals surface area (Å²) in [6, 6.07) is 0.181. The van der Waals surface area contributed by atoms with Crippen molar-refractivity contribution in [1.82, 2.24) is 25.8 Å². The van der Waals surface area contributed by atoms with E-state index >= 15 is 0 Å². The molecule has 1 fully saturated rings. The van der Waals surface area contributed by atoms with Crippen LogP contribution >= 0.6 is 0 Å². The smallest absolute Gasteiger partial charge is 0.291 e. The van der Waals surface area contributed by atoms with Gasteiger partial charge < -0.3 is 10.6 Å². The molecule has 1 aromatic rings. The monoisotopic (exact) mass is 251 g/mol. The first-order valence-electron chi connectivity index (χ1n) is 6.60. The molecule has 6 nitrogen and oxygen atoms in total. The topological polar surface area (TPSA) is 82.7 Å². The summed E-state index contributed by atoms with van der Waals surface area (Å²) in [4.78, 5) is 16.2. The molecule has 0 bridgehead atoms. The van der Waals surface area contributed by atoms with E-state index in [0.29, 0.717) is 0 Å². The third kappa shape index (κ3) is 3.29. The van der Waals surface area contributed by atoms with Gasteiger partial charge in [0.15, 0.2) is 0 Å². The average Bonchev–Trinajstić information content (AvgIpc) is 2.70. The van der Waals surface area contributed by atoms with Crippen LogP contribution in [0.5, 0.6) is 0 Å². The van der Waals surface area contributed by atoms with Crippen molar-refractivity contribution in [1.29, 1.82) is 0 Å². The highest BCUT2D eigenvalue weighted by atomic mass is 16.2. The summed E-state index contributed by atoms with van der Waals surface area (Å²) in [6.07, 6.45) is 3.33. The summed E-state index contributed by atoms with van der Waals surface area (Å²) < 4.78 is 0. The maximum atomic E-state index is 12.0. The Labute approximate surface area is 107 Å². The summed E-state index contributed by atoms with van der Waals surface area (Å²) in [5.74, 6) is 1.05. The fourth-order valence-electron chi connectivity index (χ4n) is 2.03. The molecule has 0 saturated carbocycles. The van der Waals surface area contributed by atoms with E-state index in [0.717, 1.165) is 31.8 Å². The third-order valence-corrected chi connectivity index (χ3v) is 3.13. The van der Waals surface area contributed by atoms with Crippen molar-refractivity contribution < 1.29 is 4.79 Å². The predicted octanol–water partition coefficient (Wildman–Crippen LogP) is 0.800. The molecule has 0 aromatic carbocycles. The van der Waals surface area contributed by atoms with E-state index in [4.69, 9.17) is 0 Å². The zero-order chi connectivity index (χ0) is 13.0. The molecule has 1 aliphatic rings. The number of carbonyl (C=O) groups excluding carboxylic acids is 1. The molecule has 1 unspecified atom stereocenters. The second-order valence-corrected chi connectivity index (χ2v) is 5.07. The molecule has 6 heteroatoms. The van der Waals surface area contributed by atoms with Crippen LogP contribution in [0.25, 0.3) is 0 Å². The second kappa shape index (κ2) is 5.95. The van der Waals surface area contributed by atoms with Gasteiger partial charge in [-0.15, -0.1) is 5.10 Å². The molecule has 0 aliphatic carbocycles. The minimum absolute atomic E-state index is 0.181. The second-order valence-electron chi connectivity index (χ2n) is 5.07. The fourth-order valence-corrected chi connectivity index (χ4v) is 2.03. The first kappa shape index (κ1) is 13.0. The van der Waals surface area contributed by atoms with Crippen LogP contribution in [0.15, 0.2) is 0 Å². The molecule has 1 atom stereocenters. The standard InChI is InChI=1S/C12H21N5O/c1-8(2)10-15-11(17-16-10)12(18)14-9-5-3-4-6-13-7-9/h8-9,13H,3-7H2,1-2H3,(H,14,18)(H,15,16,17). The van der Waals surface area contributed by atoms with E-state index < -0.39 is 0 Å². The Kier molecular flexibility index (Phi) is 4.30. The van der Waals surface area contributed by atoms with E-state index in [1.165, 1.54) is 6.42 Å². The Hall–Kier alpha value is -1.43. The van der Waals surface area contributed by atoms with Crippen LogP contribution in [0.1, 0.15) is 55.5 Å². The van der Waals surface area contributed by atoms with Gasteiger partial charge in [-0.1, -0.05) is 20.3 Å². The number of rotatable bonds is 3. The number of nitrogens with zero attached hydrogens (tertiary/aromatic N) is 2. The first-order valence-corrected chi connectivity index (χ1v) is 6.60. The summed E-state index contributed by atoms with van der Waals surface area (Å²) in [6.45, 7) is 5.88. The molecule has 3 N–H and O–H groups in total. The van der Waals surface area contributed by atoms with Gasteiger partial charge in [-0.25, -0.2) is 4.98 Å². The zero-order valence-corrected chi connectivity index (χ0v) is 11.0. The number of carbonyl (C=O) groups is 1. The van der Waals surface area contributed by atoms with Gasteiger partial charge in [0.1, 0.15) is 5.82 Å². The number of hydrogen-bond acceptors (Lipinski definition) is 4. The molecule has 1 aliphatic heterocycles. The Morgan fingerprint density at radius 3 is 3.00 bits per heavy atom. The minimum Gasteiger partial charge on any atom is -0.345 e. The van der Waals surface area contributed by atoms with Gasteiger partial charge in [-0.05, 0) is 19.4 Å². The number of aromatic amines is 1. The van der Waals surface area contributed by atoms with Gasteiger partial charge in [0, 0.05) is 18.5 Å². The Morgan fingerprint density at radius 1 is 1.44 bits per heavy atom. The van der Waals surface area contributed by atoms with Gasteiger partial charge in [-0.3, -0.25) is 9.89 Å². The largest absolute Gasteiger partial charge is 0.345 e. The van der Waals surface area contributed by atoms with Crippen molar-refractivity contribution in [2.24, 2.45) is 0 Å². The lowest BCUT2D eigenvalue weighted by molar-refractivity contribution is 0.0925. The van der Waals surface area contributed by atoms with Gasteiger partial charge in [0.05, 0.1) is 0 Å². The minimum atomic E-state index is -0.188. The summed E-state index contributed by atoms with van der Waals surface area (Å²) in [7, 11) is 0. The lowest BCUT2D eigenvalue weighted by atomic mass is 10.1. The normalized spacial score (nSPS) is 20.7. The zero-order valence-electron chi connectivity index (χ0n) is 11.0. The van der Waals surface area contributed by atoms with E-state index in [1.54, 1.807) is 0 Å². The number of hydrogen-bond donors (Lipinski definition) is 3. The van der Waals surface area contributed by atoms with Crippen molar-refractivity contribution in [2.45, 2.75) is 45.1 Å². The van der Waals surface area contributed by atoms with Crippen LogP contribution in [0.3, 0.4) is 0 Å². The molecular formula is C12H21N5O. The highest BCUT2D eigenvalue weighted by molar-refractivity contribution is 5.90.